The molecule has 98 valence electrons. The molecule has 0 radical (unpaired) electrons. The van der Waals surface area contributed by atoms with Gasteiger partial charge in [0.2, 0.25) is 5.91 Å². The van der Waals surface area contributed by atoms with Gasteiger partial charge in [-0.05, 0) is 30.9 Å². The fraction of sp³-hybridized carbons (Fsp3) is 0.500. The lowest BCUT2D eigenvalue weighted by atomic mass is 9.89. The molecule has 18 heavy (non-hydrogen) atoms. The van der Waals surface area contributed by atoms with E-state index in [4.69, 9.17) is 11.5 Å². The topological polar surface area (TPSA) is 72.3 Å². The Morgan fingerprint density at radius 1 is 1.28 bits per heavy atom. The van der Waals surface area contributed by atoms with Gasteiger partial charge in [-0.2, -0.15) is 0 Å². The molecule has 1 aliphatic rings. The summed E-state index contributed by atoms with van der Waals surface area (Å²) in [7, 11) is 0. The van der Waals surface area contributed by atoms with Gasteiger partial charge in [0, 0.05) is 12.6 Å². The third-order valence-corrected chi connectivity index (χ3v) is 3.66. The monoisotopic (exact) mass is 247 g/mol. The quantitative estimate of drug-likeness (QED) is 0.829. The lowest BCUT2D eigenvalue weighted by molar-refractivity contribution is -0.120. The van der Waals surface area contributed by atoms with Crippen molar-refractivity contribution in [2.75, 3.05) is 19.6 Å². The van der Waals surface area contributed by atoms with Crippen LogP contribution in [0.25, 0.3) is 0 Å². The number of benzene rings is 1. The summed E-state index contributed by atoms with van der Waals surface area (Å²) < 4.78 is 0. The predicted molar refractivity (Wildman–Crippen MR) is 71.7 cm³/mol. The molecule has 4 N–H and O–H groups in total. The highest BCUT2D eigenvalue weighted by Gasteiger charge is 2.29. The van der Waals surface area contributed by atoms with Gasteiger partial charge < -0.3 is 11.5 Å². The van der Waals surface area contributed by atoms with Gasteiger partial charge in [-0.15, -0.1) is 0 Å². The zero-order valence-corrected chi connectivity index (χ0v) is 10.6. The van der Waals surface area contributed by atoms with Crippen molar-refractivity contribution in [3.8, 4) is 0 Å². The minimum absolute atomic E-state index is 0.270. The molecule has 1 aliphatic heterocycles. The van der Waals surface area contributed by atoms with Gasteiger partial charge in [-0.1, -0.05) is 30.3 Å². The van der Waals surface area contributed by atoms with E-state index in [1.165, 1.54) is 5.56 Å². The molecule has 1 fully saturated rings. The number of nitrogens with zero attached hydrogens (tertiary/aromatic N) is 1. The zero-order valence-electron chi connectivity index (χ0n) is 10.6. The molecule has 0 saturated carbocycles. The molecule has 1 saturated heterocycles. The minimum atomic E-state index is -0.270. The van der Waals surface area contributed by atoms with E-state index in [0.29, 0.717) is 25.0 Å². The van der Waals surface area contributed by atoms with Crippen LogP contribution in [0.5, 0.6) is 0 Å². The van der Waals surface area contributed by atoms with Crippen molar-refractivity contribution in [1.82, 2.24) is 4.90 Å². The van der Waals surface area contributed by atoms with Crippen LogP contribution in [0, 0.1) is 5.92 Å². The largest absolute Gasteiger partial charge is 0.369 e. The van der Waals surface area contributed by atoms with Gasteiger partial charge in [0.1, 0.15) is 0 Å². The van der Waals surface area contributed by atoms with E-state index in [1.807, 2.05) is 18.2 Å². The second-order valence-electron chi connectivity index (χ2n) is 5.00. The van der Waals surface area contributed by atoms with E-state index in [-0.39, 0.29) is 5.91 Å². The first-order valence-corrected chi connectivity index (χ1v) is 6.48. The molecule has 0 bridgehead atoms. The van der Waals surface area contributed by atoms with Crippen LogP contribution in [-0.4, -0.2) is 30.4 Å². The molecular formula is C14H21N3O. The number of hydrogen-bond acceptors (Lipinski definition) is 3. The second-order valence-corrected chi connectivity index (χ2v) is 5.00. The molecule has 2 atom stereocenters. The minimum Gasteiger partial charge on any atom is -0.369 e. The second kappa shape index (κ2) is 5.98. The number of amides is 1. The maximum Gasteiger partial charge on any atom is 0.231 e. The first-order chi connectivity index (χ1) is 8.70. The average molecular weight is 247 g/mol. The average Bonchev–Trinajstić information content (AvgIpc) is 2.39. The third kappa shape index (κ3) is 3.09. The zero-order chi connectivity index (χ0) is 13.0. The summed E-state index contributed by atoms with van der Waals surface area (Å²) in [5.41, 5.74) is 12.3. The Labute approximate surface area is 108 Å². The van der Waals surface area contributed by atoms with E-state index < -0.39 is 0 Å². The molecule has 4 nitrogen and oxygen atoms in total. The SMILES string of the molecule is NC[C@H]1CC[C@@H](c2ccccc2)N(CC(N)=O)C1. The fourth-order valence-corrected chi connectivity index (χ4v) is 2.75. The van der Waals surface area contributed by atoms with Gasteiger partial charge in [0.15, 0.2) is 0 Å². The summed E-state index contributed by atoms with van der Waals surface area (Å²) in [6, 6.07) is 10.6. The van der Waals surface area contributed by atoms with Crippen molar-refractivity contribution in [2.45, 2.75) is 18.9 Å². The van der Waals surface area contributed by atoms with Crippen LogP contribution in [0.1, 0.15) is 24.4 Å². The van der Waals surface area contributed by atoms with Crippen LogP contribution >= 0.6 is 0 Å². The van der Waals surface area contributed by atoms with Crippen LogP contribution in [0.4, 0.5) is 0 Å². The van der Waals surface area contributed by atoms with E-state index in [0.717, 1.165) is 19.4 Å². The van der Waals surface area contributed by atoms with Crippen molar-refractivity contribution in [1.29, 1.82) is 0 Å². The van der Waals surface area contributed by atoms with E-state index >= 15 is 0 Å². The first-order valence-electron chi connectivity index (χ1n) is 6.48. The van der Waals surface area contributed by atoms with Gasteiger partial charge >= 0.3 is 0 Å². The Bertz CT molecular complexity index is 393. The smallest absolute Gasteiger partial charge is 0.231 e. The molecule has 0 aromatic heterocycles. The Kier molecular flexibility index (Phi) is 4.33. The van der Waals surface area contributed by atoms with Crippen molar-refractivity contribution in [3.63, 3.8) is 0 Å². The molecule has 0 aliphatic carbocycles. The van der Waals surface area contributed by atoms with Crippen molar-refractivity contribution in [3.05, 3.63) is 35.9 Å². The van der Waals surface area contributed by atoms with Crippen LogP contribution in [0.2, 0.25) is 0 Å². The molecule has 2 rings (SSSR count). The van der Waals surface area contributed by atoms with Gasteiger partial charge in [-0.3, -0.25) is 9.69 Å². The normalized spacial score (nSPS) is 24.9. The standard InChI is InChI=1S/C14H21N3O/c15-8-11-6-7-13(12-4-2-1-3-5-12)17(9-11)10-14(16)18/h1-5,11,13H,6-10,15H2,(H2,16,18)/t11-,13+/m1/s1. The Morgan fingerprint density at radius 3 is 2.61 bits per heavy atom. The van der Waals surface area contributed by atoms with Crippen LogP contribution in [0.15, 0.2) is 30.3 Å². The maximum atomic E-state index is 11.2. The number of nitrogens with two attached hydrogens (primary N) is 2. The highest BCUT2D eigenvalue weighted by molar-refractivity contribution is 5.76. The van der Waals surface area contributed by atoms with Crippen LogP contribution in [0.3, 0.4) is 0 Å². The van der Waals surface area contributed by atoms with E-state index in [1.54, 1.807) is 0 Å². The van der Waals surface area contributed by atoms with Gasteiger partial charge in [-0.25, -0.2) is 0 Å². The summed E-state index contributed by atoms with van der Waals surface area (Å²) in [5, 5.41) is 0. The Hall–Kier alpha value is -1.39. The number of hydrogen-bond donors (Lipinski definition) is 2. The van der Waals surface area contributed by atoms with Crippen molar-refractivity contribution >= 4 is 5.91 Å². The van der Waals surface area contributed by atoms with Crippen molar-refractivity contribution < 1.29 is 4.79 Å². The van der Waals surface area contributed by atoms with Crippen molar-refractivity contribution in [2.24, 2.45) is 17.4 Å². The molecule has 4 heteroatoms. The first kappa shape index (κ1) is 13.1. The molecule has 1 amide bonds. The number of primary amides is 1. The van der Waals surface area contributed by atoms with Crippen LogP contribution < -0.4 is 11.5 Å². The summed E-state index contributed by atoms with van der Waals surface area (Å²) in [6.45, 7) is 1.85. The Morgan fingerprint density at radius 2 is 2.00 bits per heavy atom. The lowest BCUT2D eigenvalue weighted by Gasteiger charge is -2.39. The van der Waals surface area contributed by atoms with Gasteiger partial charge in [0.25, 0.3) is 0 Å². The van der Waals surface area contributed by atoms with Gasteiger partial charge in [0.05, 0.1) is 6.54 Å². The number of carbonyl (C=O) groups is 1. The highest BCUT2D eigenvalue weighted by Crippen LogP contribution is 2.32. The number of likely N-dealkylation sites (tertiary alicyclic amines) is 1. The maximum absolute atomic E-state index is 11.2. The molecular weight excluding hydrogens is 226 g/mol. The molecule has 0 spiro atoms. The molecule has 1 aromatic rings. The molecule has 1 heterocycles. The summed E-state index contributed by atoms with van der Waals surface area (Å²) in [5.74, 6) is 0.206. The molecule has 1 aromatic carbocycles. The van der Waals surface area contributed by atoms with E-state index in [9.17, 15) is 4.79 Å². The number of piperidine rings is 1. The molecule has 0 unspecified atom stereocenters. The summed E-state index contributed by atoms with van der Waals surface area (Å²) >= 11 is 0. The third-order valence-electron chi connectivity index (χ3n) is 3.66. The lowest BCUT2D eigenvalue weighted by Crippen LogP contribution is -2.44. The number of rotatable bonds is 4. The highest BCUT2D eigenvalue weighted by atomic mass is 16.1. The summed E-state index contributed by atoms with van der Waals surface area (Å²) in [4.78, 5) is 13.4. The number of carbonyl (C=O) groups excluding carboxylic acids is 1. The predicted octanol–water partition coefficient (Wildman–Crippen LogP) is 0.884. The fourth-order valence-electron chi connectivity index (χ4n) is 2.75. The van der Waals surface area contributed by atoms with Crippen LogP contribution in [-0.2, 0) is 4.79 Å². The Balaban J connectivity index is 2.14. The summed E-state index contributed by atoms with van der Waals surface area (Å²) in [6.07, 6.45) is 2.16. The van der Waals surface area contributed by atoms with E-state index in [2.05, 4.69) is 17.0 Å².